The van der Waals surface area contributed by atoms with E-state index in [0.29, 0.717) is 36.4 Å². The maximum Gasteiger partial charge on any atom is 0.317 e. The molecule has 4 amide bonds. The SMILES string of the molecule is Cc1cncc(C(=O)Nc2cc(C(=O)N3CC4(CNC(=O)N4C)C3)ccc2C)c1. The van der Waals surface area contributed by atoms with E-state index < -0.39 is 0 Å². The number of likely N-dealkylation sites (tertiary alicyclic amines) is 1. The van der Waals surface area contributed by atoms with Crippen LogP contribution in [0.2, 0.25) is 0 Å². The lowest BCUT2D eigenvalue weighted by Gasteiger charge is -2.50. The fourth-order valence-corrected chi connectivity index (χ4v) is 3.77. The molecule has 2 aromatic rings. The van der Waals surface area contributed by atoms with E-state index in [1.165, 1.54) is 6.20 Å². The predicted molar refractivity (Wildman–Crippen MR) is 108 cm³/mol. The van der Waals surface area contributed by atoms with Crippen LogP contribution in [-0.4, -0.2) is 64.9 Å². The first-order valence-corrected chi connectivity index (χ1v) is 9.44. The van der Waals surface area contributed by atoms with Gasteiger partial charge in [0.15, 0.2) is 0 Å². The van der Waals surface area contributed by atoms with Crippen molar-refractivity contribution in [2.45, 2.75) is 19.4 Å². The van der Waals surface area contributed by atoms with Crippen molar-refractivity contribution in [3.05, 3.63) is 58.9 Å². The van der Waals surface area contributed by atoms with Gasteiger partial charge in [0.1, 0.15) is 0 Å². The van der Waals surface area contributed by atoms with Crippen LogP contribution >= 0.6 is 0 Å². The van der Waals surface area contributed by atoms with Gasteiger partial charge < -0.3 is 20.4 Å². The van der Waals surface area contributed by atoms with Crippen LogP contribution in [0.3, 0.4) is 0 Å². The van der Waals surface area contributed by atoms with Gasteiger partial charge in [0.05, 0.1) is 11.1 Å². The lowest BCUT2D eigenvalue weighted by Crippen LogP contribution is -2.70. The van der Waals surface area contributed by atoms with Crippen LogP contribution in [0.4, 0.5) is 10.5 Å². The zero-order valence-electron chi connectivity index (χ0n) is 16.7. The van der Waals surface area contributed by atoms with Crippen molar-refractivity contribution in [1.82, 2.24) is 20.1 Å². The van der Waals surface area contributed by atoms with Crippen LogP contribution in [0.25, 0.3) is 0 Å². The molecule has 0 atom stereocenters. The minimum Gasteiger partial charge on any atom is -0.335 e. The highest BCUT2D eigenvalue weighted by atomic mass is 16.2. The minimum atomic E-state index is -0.313. The molecule has 3 heterocycles. The maximum atomic E-state index is 12.9. The van der Waals surface area contributed by atoms with E-state index in [2.05, 4.69) is 15.6 Å². The molecular weight excluding hydrogens is 370 g/mol. The van der Waals surface area contributed by atoms with Crippen molar-refractivity contribution in [2.24, 2.45) is 0 Å². The summed E-state index contributed by atoms with van der Waals surface area (Å²) in [6, 6.07) is 6.93. The topological polar surface area (TPSA) is 94.6 Å². The molecule has 4 rings (SSSR count). The van der Waals surface area contributed by atoms with E-state index in [1.807, 2.05) is 19.9 Å². The Bertz CT molecular complexity index is 1010. The Morgan fingerprint density at radius 2 is 1.90 bits per heavy atom. The number of nitrogens with zero attached hydrogens (tertiary/aromatic N) is 3. The van der Waals surface area contributed by atoms with Crippen molar-refractivity contribution < 1.29 is 14.4 Å². The number of benzene rings is 1. The number of hydrogen-bond acceptors (Lipinski definition) is 4. The van der Waals surface area contributed by atoms with E-state index >= 15 is 0 Å². The molecule has 0 unspecified atom stereocenters. The van der Waals surface area contributed by atoms with Gasteiger partial charge in [-0.05, 0) is 43.2 Å². The average molecular weight is 393 g/mol. The third-order valence-electron chi connectivity index (χ3n) is 5.71. The molecule has 2 N–H and O–H groups in total. The molecule has 8 heteroatoms. The van der Waals surface area contributed by atoms with Crippen LogP contribution in [0.1, 0.15) is 31.8 Å². The molecule has 0 aliphatic carbocycles. The first kappa shape index (κ1) is 18.9. The van der Waals surface area contributed by atoms with Gasteiger partial charge in [-0.15, -0.1) is 0 Å². The zero-order valence-corrected chi connectivity index (χ0v) is 16.7. The molecule has 29 heavy (non-hydrogen) atoms. The average Bonchev–Trinajstić information content (AvgIpc) is 2.97. The number of carbonyl (C=O) groups is 3. The van der Waals surface area contributed by atoms with Gasteiger partial charge in [-0.3, -0.25) is 14.6 Å². The van der Waals surface area contributed by atoms with Gasteiger partial charge in [0.2, 0.25) is 0 Å². The molecule has 0 radical (unpaired) electrons. The first-order chi connectivity index (χ1) is 13.8. The molecule has 2 fully saturated rings. The van der Waals surface area contributed by atoms with Crippen LogP contribution in [0, 0.1) is 13.8 Å². The number of aromatic nitrogens is 1. The third-order valence-corrected chi connectivity index (χ3v) is 5.71. The molecule has 1 spiro atoms. The molecule has 1 aromatic carbocycles. The first-order valence-electron chi connectivity index (χ1n) is 9.44. The number of carbonyl (C=O) groups excluding carboxylic acids is 3. The van der Waals surface area contributed by atoms with E-state index in [9.17, 15) is 14.4 Å². The number of hydrogen-bond donors (Lipinski definition) is 2. The van der Waals surface area contributed by atoms with E-state index in [0.717, 1.165) is 11.1 Å². The predicted octanol–water partition coefficient (Wildman–Crippen LogP) is 1.80. The van der Waals surface area contributed by atoms with Crippen molar-refractivity contribution in [3.63, 3.8) is 0 Å². The molecule has 8 nitrogen and oxygen atoms in total. The second-order valence-electron chi connectivity index (χ2n) is 7.84. The summed E-state index contributed by atoms with van der Waals surface area (Å²) in [5.41, 5.74) is 3.01. The van der Waals surface area contributed by atoms with E-state index in [4.69, 9.17) is 0 Å². The summed E-state index contributed by atoms with van der Waals surface area (Å²) in [6.07, 6.45) is 3.20. The number of aryl methyl sites for hydroxylation is 2. The Labute approximate surface area is 168 Å². The number of rotatable bonds is 3. The van der Waals surface area contributed by atoms with Crippen LogP contribution in [0.15, 0.2) is 36.7 Å². The van der Waals surface area contributed by atoms with Gasteiger partial charge in [-0.25, -0.2) is 4.79 Å². The fourth-order valence-electron chi connectivity index (χ4n) is 3.77. The summed E-state index contributed by atoms with van der Waals surface area (Å²) < 4.78 is 0. The molecule has 2 aliphatic heterocycles. The van der Waals surface area contributed by atoms with Crippen molar-refractivity contribution in [3.8, 4) is 0 Å². The normalized spacial score (nSPS) is 17.1. The quantitative estimate of drug-likeness (QED) is 0.831. The summed E-state index contributed by atoms with van der Waals surface area (Å²) >= 11 is 0. The van der Waals surface area contributed by atoms with Crippen LogP contribution in [-0.2, 0) is 0 Å². The Balaban J connectivity index is 1.48. The molecule has 0 saturated carbocycles. The highest BCUT2D eigenvalue weighted by Gasteiger charge is 2.53. The van der Waals surface area contributed by atoms with Gasteiger partial charge in [-0.1, -0.05) is 6.07 Å². The summed E-state index contributed by atoms with van der Waals surface area (Å²) in [6.45, 7) is 5.28. The summed E-state index contributed by atoms with van der Waals surface area (Å²) in [4.78, 5) is 44.6. The highest BCUT2D eigenvalue weighted by Crippen LogP contribution is 2.31. The molecule has 2 saturated heterocycles. The number of pyridine rings is 1. The van der Waals surface area contributed by atoms with Crippen molar-refractivity contribution in [2.75, 3.05) is 32.0 Å². The maximum absolute atomic E-state index is 12.9. The van der Waals surface area contributed by atoms with E-state index in [-0.39, 0.29) is 23.4 Å². The molecule has 0 bridgehead atoms. The number of likely N-dealkylation sites (N-methyl/N-ethyl adjacent to an activating group) is 1. The fraction of sp³-hybridized carbons (Fsp3) is 0.333. The van der Waals surface area contributed by atoms with Gasteiger partial charge >= 0.3 is 6.03 Å². The van der Waals surface area contributed by atoms with Crippen LogP contribution < -0.4 is 10.6 Å². The Morgan fingerprint density at radius 3 is 2.55 bits per heavy atom. The molecule has 1 aromatic heterocycles. The van der Waals surface area contributed by atoms with Crippen LogP contribution in [0.5, 0.6) is 0 Å². The standard InChI is InChI=1S/C21H23N5O3/c1-13-6-16(9-22-8-13)18(27)24-17-7-15(5-4-14(17)2)19(28)26-11-21(12-26)10-23-20(29)25(21)3/h4-9H,10-12H2,1-3H3,(H,23,29)(H,24,27). The smallest absolute Gasteiger partial charge is 0.317 e. The minimum absolute atomic E-state index is 0.108. The lowest BCUT2D eigenvalue weighted by atomic mass is 9.88. The highest BCUT2D eigenvalue weighted by molar-refractivity contribution is 6.05. The number of anilines is 1. The van der Waals surface area contributed by atoms with Gasteiger partial charge in [-0.2, -0.15) is 0 Å². The number of urea groups is 1. The second kappa shape index (κ2) is 6.88. The summed E-state index contributed by atoms with van der Waals surface area (Å²) in [5, 5.41) is 5.69. The zero-order chi connectivity index (χ0) is 20.8. The Hall–Kier alpha value is -3.42. The molecular formula is C21H23N5O3. The lowest BCUT2D eigenvalue weighted by molar-refractivity contribution is 0.00777. The second-order valence-corrected chi connectivity index (χ2v) is 7.84. The molecule has 150 valence electrons. The van der Waals surface area contributed by atoms with Gasteiger partial charge in [0.25, 0.3) is 11.8 Å². The Morgan fingerprint density at radius 1 is 1.14 bits per heavy atom. The summed E-state index contributed by atoms with van der Waals surface area (Å²) in [7, 11) is 1.75. The third kappa shape index (κ3) is 3.30. The Kier molecular flexibility index (Phi) is 4.49. The number of amides is 4. The summed E-state index contributed by atoms with van der Waals surface area (Å²) in [5.74, 6) is -0.384. The number of nitrogens with one attached hydrogen (secondary N) is 2. The monoisotopic (exact) mass is 393 g/mol. The largest absolute Gasteiger partial charge is 0.335 e. The molecule has 2 aliphatic rings. The van der Waals surface area contributed by atoms with E-state index in [1.54, 1.807) is 41.2 Å². The van der Waals surface area contributed by atoms with Crippen molar-refractivity contribution in [1.29, 1.82) is 0 Å². The van der Waals surface area contributed by atoms with Gasteiger partial charge in [0, 0.05) is 50.3 Å². The van der Waals surface area contributed by atoms with Crippen molar-refractivity contribution >= 4 is 23.5 Å².